The quantitative estimate of drug-likeness (QED) is 0.317. The number of aromatic nitrogens is 1. The second-order valence-corrected chi connectivity index (χ2v) is 9.65. The standard InChI is InChI=1S/C30H33FN4O/c1-4-20(2)17-35-9-8-26-28(18-35)29(36-19-24-11-23(14-32)15-34-16-24)13-27(30(26)33)21(3)10-22-6-5-7-25(31)12-22/h4-7,11-13,15-16,21H,8-10,17-19,33H2,1-3H3/b20-4+. The Morgan fingerprint density at radius 1 is 1.25 bits per heavy atom. The molecule has 0 spiro atoms. The molecule has 4 rings (SSSR count). The van der Waals surface area contributed by atoms with Crippen molar-refractivity contribution in [3.63, 3.8) is 0 Å². The molecule has 2 aromatic carbocycles. The van der Waals surface area contributed by atoms with Gasteiger partial charge in [-0.2, -0.15) is 5.26 Å². The Labute approximate surface area is 213 Å². The summed E-state index contributed by atoms with van der Waals surface area (Å²) in [6.45, 7) is 9.24. The molecule has 0 radical (unpaired) electrons. The molecule has 1 unspecified atom stereocenters. The van der Waals surface area contributed by atoms with E-state index in [4.69, 9.17) is 10.5 Å². The van der Waals surface area contributed by atoms with Gasteiger partial charge in [0.15, 0.2) is 0 Å². The summed E-state index contributed by atoms with van der Waals surface area (Å²) in [7, 11) is 0. The first-order chi connectivity index (χ1) is 17.4. The number of benzene rings is 2. The summed E-state index contributed by atoms with van der Waals surface area (Å²) in [5.41, 5.74) is 14.5. The van der Waals surface area contributed by atoms with Crippen molar-refractivity contribution < 1.29 is 9.13 Å². The Morgan fingerprint density at radius 3 is 2.83 bits per heavy atom. The van der Waals surface area contributed by atoms with Crippen LogP contribution in [0.15, 0.2) is 60.4 Å². The van der Waals surface area contributed by atoms with E-state index >= 15 is 0 Å². The summed E-state index contributed by atoms with van der Waals surface area (Å²) in [5, 5.41) is 9.21. The third-order valence-corrected chi connectivity index (χ3v) is 6.89. The fourth-order valence-electron chi connectivity index (χ4n) is 4.85. The Balaban J connectivity index is 1.67. The van der Waals surface area contributed by atoms with E-state index in [0.717, 1.165) is 65.3 Å². The van der Waals surface area contributed by atoms with E-state index in [-0.39, 0.29) is 11.7 Å². The van der Waals surface area contributed by atoms with E-state index in [9.17, 15) is 9.65 Å². The van der Waals surface area contributed by atoms with Crippen LogP contribution in [0.4, 0.5) is 10.1 Å². The number of nitrogens with two attached hydrogens (primary N) is 1. The number of hydrogen-bond acceptors (Lipinski definition) is 5. The van der Waals surface area contributed by atoms with E-state index in [2.05, 4.69) is 48.9 Å². The van der Waals surface area contributed by atoms with E-state index < -0.39 is 0 Å². The maximum absolute atomic E-state index is 13.8. The predicted octanol–water partition coefficient (Wildman–Crippen LogP) is 5.92. The van der Waals surface area contributed by atoms with Crippen LogP contribution >= 0.6 is 0 Å². The monoisotopic (exact) mass is 484 g/mol. The summed E-state index contributed by atoms with van der Waals surface area (Å²) < 4.78 is 20.2. The number of halogens is 1. The predicted molar refractivity (Wildman–Crippen MR) is 141 cm³/mol. The molecule has 0 fully saturated rings. The molecule has 1 aromatic heterocycles. The second-order valence-electron chi connectivity index (χ2n) is 9.65. The first kappa shape index (κ1) is 25.4. The molecule has 0 bridgehead atoms. The minimum Gasteiger partial charge on any atom is -0.488 e. The summed E-state index contributed by atoms with van der Waals surface area (Å²) in [4.78, 5) is 6.57. The van der Waals surface area contributed by atoms with Crippen molar-refractivity contribution in [2.75, 3.05) is 18.8 Å². The molecule has 3 aromatic rings. The molecule has 2 heterocycles. The number of nitrogens with zero attached hydrogens (tertiary/aromatic N) is 3. The molecule has 5 nitrogen and oxygen atoms in total. The lowest BCUT2D eigenvalue weighted by Crippen LogP contribution is -2.33. The number of hydrogen-bond donors (Lipinski definition) is 1. The van der Waals surface area contributed by atoms with Gasteiger partial charge in [-0.1, -0.05) is 30.7 Å². The van der Waals surface area contributed by atoms with Crippen LogP contribution in [0, 0.1) is 17.1 Å². The number of pyridine rings is 1. The van der Waals surface area contributed by atoms with Crippen molar-refractivity contribution in [1.82, 2.24) is 9.88 Å². The van der Waals surface area contributed by atoms with Crippen molar-refractivity contribution in [3.05, 3.63) is 99.6 Å². The molecule has 0 saturated carbocycles. The van der Waals surface area contributed by atoms with Crippen LogP contribution in [0.2, 0.25) is 0 Å². The van der Waals surface area contributed by atoms with Gasteiger partial charge in [-0.25, -0.2) is 4.39 Å². The topological polar surface area (TPSA) is 75.2 Å². The summed E-state index contributed by atoms with van der Waals surface area (Å²) in [6.07, 6.45) is 6.94. The summed E-state index contributed by atoms with van der Waals surface area (Å²) in [5.74, 6) is 0.670. The van der Waals surface area contributed by atoms with Gasteiger partial charge < -0.3 is 10.5 Å². The van der Waals surface area contributed by atoms with Gasteiger partial charge in [-0.05, 0) is 73.6 Å². The molecule has 1 aliphatic heterocycles. The molecule has 36 heavy (non-hydrogen) atoms. The van der Waals surface area contributed by atoms with Crippen LogP contribution in [-0.2, 0) is 26.0 Å². The Hall–Kier alpha value is -3.69. The Kier molecular flexibility index (Phi) is 8.02. The molecule has 0 aliphatic carbocycles. The van der Waals surface area contributed by atoms with Gasteiger partial charge in [0.2, 0.25) is 0 Å². The smallest absolute Gasteiger partial charge is 0.125 e. The number of nitriles is 1. The summed E-state index contributed by atoms with van der Waals surface area (Å²) in [6, 6.07) is 12.7. The highest BCUT2D eigenvalue weighted by Gasteiger charge is 2.26. The molecule has 186 valence electrons. The Bertz CT molecular complexity index is 1310. The fourth-order valence-corrected chi connectivity index (χ4v) is 4.85. The van der Waals surface area contributed by atoms with Crippen molar-refractivity contribution in [1.29, 1.82) is 5.26 Å². The molecule has 1 atom stereocenters. The zero-order valence-corrected chi connectivity index (χ0v) is 21.2. The van der Waals surface area contributed by atoms with Crippen molar-refractivity contribution >= 4 is 5.69 Å². The van der Waals surface area contributed by atoms with Crippen molar-refractivity contribution in [2.45, 2.75) is 52.7 Å². The van der Waals surface area contributed by atoms with Gasteiger partial charge in [0.25, 0.3) is 0 Å². The molecule has 0 saturated heterocycles. The summed E-state index contributed by atoms with van der Waals surface area (Å²) >= 11 is 0. The van der Waals surface area contributed by atoms with E-state index in [1.807, 2.05) is 6.07 Å². The van der Waals surface area contributed by atoms with Crippen LogP contribution in [0.25, 0.3) is 0 Å². The lowest BCUT2D eigenvalue weighted by Gasteiger charge is -2.32. The molecular formula is C30H33FN4O. The molecular weight excluding hydrogens is 451 g/mol. The van der Waals surface area contributed by atoms with Gasteiger partial charge in [0.1, 0.15) is 24.2 Å². The maximum Gasteiger partial charge on any atom is 0.125 e. The second kappa shape index (κ2) is 11.4. The first-order valence-electron chi connectivity index (χ1n) is 12.4. The minimum atomic E-state index is -0.230. The van der Waals surface area contributed by atoms with E-state index in [1.165, 1.54) is 11.6 Å². The van der Waals surface area contributed by atoms with Crippen molar-refractivity contribution in [3.8, 4) is 11.8 Å². The number of ether oxygens (including phenoxy) is 1. The van der Waals surface area contributed by atoms with Crippen molar-refractivity contribution in [2.24, 2.45) is 0 Å². The molecule has 6 heteroatoms. The number of rotatable bonds is 8. The van der Waals surface area contributed by atoms with E-state index in [1.54, 1.807) is 30.6 Å². The van der Waals surface area contributed by atoms with Crippen LogP contribution in [0.1, 0.15) is 60.1 Å². The molecule has 0 amide bonds. The number of allylic oxidation sites excluding steroid dienone is 1. The molecule has 1 aliphatic rings. The number of anilines is 1. The number of fused-ring (bicyclic) bond motifs is 1. The first-order valence-corrected chi connectivity index (χ1v) is 12.4. The average Bonchev–Trinajstić information content (AvgIpc) is 2.88. The largest absolute Gasteiger partial charge is 0.488 e. The van der Waals surface area contributed by atoms with Crippen LogP contribution in [-0.4, -0.2) is 23.0 Å². The lowest BCUT2D eigenvalue weighted by molar-refractivity contribution is 0.255. The highest BCUT2D eigenvalue weighted by molar-refractivity contribution is 5.64. The Morgan fingerprint density at radius 2 is 2.08 bits per heavy atom. The van der Waals surface area contributed by atoms with Crippen LogP contribution in [0.5, 0.6) is 5.75 Å². The van der Waals surface area contributed by atoms with Gasteiger partial charge in [-0.3, -0.25) is 9.88 Å². The van der Waals surface area contributed by atoms with Gasteiger partial charge >= 0.3 is 0 Å². The third kappa shape index (κ3) is 5.92. The van der Waals surface area contributed by atoms with Crippen LogP contribution < -0.4 is 10.5 Å². The van der Waals surface area contributed by atoms with E-state index in [0.29, 0.717) is 18.6 Å². The minimum absolute atomic E-state index is 0.0892. The molecule has 2 N–H and O–H groups in total. The number of nitrogen functional groups attached to an aromatic ring is 1. The van der Waals surface area contributed by atoms with Gasteiger partial charge in [0, 0.05) is 48.8 Å². The normalized spacial score (nSPS) is 14.7. The SMILES string of the molecule is C/C=C(\C)CN1CCc2c(N)c(C(C)Cc3cccc(F)c3)cc(OCc3cncc(C#N)c3)c2C1. The van der Waals surface area contributed by atoms with Gasteiger partial charge in [0.05, 0.1) is 5.56 Å². The van der Waals surface area contributed by atoms with Crippen LogP contribution in [0.3, 0.4) is 0 Å². The third-order valence-electron chi connectivity index (χ3n) is 6.89. The fraction of sp³-hybridized carbons (Fsp3) is 0.333. The maximum atomic E-state index is 13.8. The highest BCUT2D eigenvalue weighted by Crippen LogP contribution is 2.39. The zero-order valence-electron chi connectivity index (χ0n) is 21.2. The van der Waals surface area contributed by atoms with Gasteiger partial charge in [-0.15, -0.1) is 0 Å². The highest BCUT2D eigenvalue weighted by atomic mass is 19.1. The lowest BCUT2D eigenvalue weighted by atomic mass is 9.86. The average molecular weight is 485 g/mol. The zero-order chi connectivity index (χ0) is 25.7.